The van der Waals surface area contributed by atoms with E-state index in [1.807, 2.05) is 37.3 Å². The Morgan fingerprint density at radius 3 is 2.45 bits per heavy atom. The summed E-state index contributed by atoms with van der Waals surface area (Å²) in [6, 6.07) is 7.24. The molecule has 2 aliphatic rings. The molecule has 2 fully saturated rings. The van der Waals surface area contributed by atoms with Crippen molar-refractivity contribution in [2.24, 2.45) is 0 Å². The highest BCUT2D eigenvalue weighted by atomic mass is 16.7. The SMILES string of the molecule is C/C=C1/C(=O)N(c2ccc(OC)cc2)C1C1OCCO1. The summed E-state index contributed by atoms with van der Waals surface area (Å²) in [5.74, 6) is 0.764. The van der Waals surface area contributed by atoms with Crippen LogP contribution >= 0.6 is 0 Å². The first-order valence-electron chi connectivity index (χ1n) is 6.63. The average molecular weight is 275 g/mol. The molecule has 1 aromatic rings. The molecule has 2 aliphatic heterocycles. The molecule has 2 saturated heterocycles. The molecule has 1 amide bonds. The van der Waals surface area contributed by atoms with E-state index in [4.69, 9.17) is 14.2 Å². The zero-order valence-electron chi connectivity index (χ0n) is 11.5. The van der Waals surface area contributed by atoms with Crippen molar-refractivity contribution in [2.75, 3.05) is 25.2 Å². The van der Waals surface area contributed by atoms with E-state index in [0.29, 0.717) is 13.2 Å². The van der Waals surface area contributed by atoms with Gasteiger partial charge < -0.3 is 14.2 Å². The Bertz CT molecular complexity index is 531. The molecule has 20 heavy (non-hydrogen) atoms. The van der Waals surface area contributed by atoms with Gasteiger partial charge in [-0.15, -0.1) is 0 Å². The molecule has 1 atom stereocenters. The standard InChI is InChI=1S/C15H17NO4/c1-3-12-13(15-19-8-9-20-15)16(14(12)17)10-4-6-11(18-2)7-5-10/h3-7,13,15H,8-9H2,1-2H3/b12-3+. The predicted molar refractivity (Wildman–Crippen MR) is 73.7 cm³/mol. The maximum atomic E-state index is 12.2. The van der Waals surface area contributed by atoms with Crippen molar-refractivity contribution in [3.63, 3.8) is 0 Å². The van der Waals surface area contributed by atoms with Crippen molar-refractivity contribution in [2.45, 2.75) is 19.3 Å². The number of benzene rings is 1. The molecule has 0 bridgehead atoms. The summed E-state index contributed by atoms with van der Waals surface area (Å²) in [4.78, 5) is 13.9. The zero-order chi connectivity index (χ0) is 14.1. The van der Waals surface area contributed by atoms with Crippen molar-refractivity contribution in [3.05, 3.63) is 35.9 Å². The molecular weight excluding hydrogens is 258 g/mol. The summed E-state index contributed by atoms with van der Waals surface area (Å²) in [6.45, 7) is 3.01. The number of hydrogen-bond donors (Lipinski definition) is 0. The lowest BCUT2D eigenvalue weighted by Crippen LogP contribution is -2.61. The third-order valence-corrected chi connectivity index (χ3v) is 3.63. The van der Waals surface area contributed by atoms with Gasteiger partial charge in [0.25, 0.3) is 5.91 Å². The van der Waals surface area contributed by atoms with Crippen LogP contribution in [0.25, 0.3) is 0 Å². The van der Waals surface area contributed by atoms with E-state index in [9.17, 15) is 4.79 Å². The number of β-lactam (4-membered cyclic amide) rings is 1. The second-order valence-corrected chi connectivity index (χ2v) is 4.67. The van der Waals surface area contributed by atoms with Gasteiger partial charge in [0.05, 0.1) is 20.3 Å². The van der Waals surface area contributed by atoms with Gasteiger partial charge in [0.2, 0.25) is 0 Å². The van der Waals surface area contributed by atoms with Crippen molar-refractivity contribution in [1.29, 1.82) is 0 Å². The van der Waals surface area contributed by atoms with Crippen LogP contribution in [-0.2, 0) is 14.3 Å². The quantitative estimate of drug-likeness (QED) is 0.622. The Kier molecular flexibility index (Phi) is 3.46. The first kappa shape index (κ1) is 13.1. The molecule has 106 valence electrons. The molecule has 0 N–H and O–H groups in total. The third kappa shape index (κ3) is 1.99. The Morgan fingerprint density at radius 1 is 1.25 bits per heavy atom. The smallest absolute Gasteiger partial charge is 0.256 e. The number of amides is 1. The maximum Gasteiger partial charge on any atom is 0.256 e. The van der Waals surface area contributed by atoms with E-state index in [2.05, 4.69) is 0 Å². The summed E-state index contributed by atoms with van der Waals surface area (Å²) >= 11 is 0. The molecule has 1 unspecified atom stereocenters. The lowest BCUT2D eigenvalue weighted by molar-refractivity contribution is -0.126. The number of hydrogen-bond acceptors (Lipinski definition) is 4. The molecule has 1 aromatic carbocycles. The van der Waals surface area contributed by atoms with Crippen LogP contribution in [0, 0.1) is 0 Å². The third-order valence-electron chi connectivity index (χ3n) is 3.63. The van der Waals surface area contributed by atoms with E-state index < -0.39 is 0 Å². The Balaban J connectivity index is 1.87. The largest absolute Gasteiger partial charge is 0.497 e. The molecular formula is C15H17NO4. The fourth-order valence-corrected chi connectivity index (χ4v) is 2.61. The number of methoxy groups -OCH3 is 1. The maximum absolute atomic E-state index is 12.2. The molecule has 0 saturated carbocycles. The van der Waals surface area contributed by atoms with Crippen LogP contribution in [0.5, 0.6) is 5.75 Å². The van der Waals surface area contributed by atoms with Gasteiger partial charge in [-0.1, -0.05) is 6.08 Å². The van der Waals surface area contributed by atoms with Crippen LogP contribution in [0.1, 0.15) is 6.92 Å². The highest BCUT2D eigenvalue weighted by Gasteiger charge is 2.49. The fourth-order valence-electron chi connectivity index (χ4n) is 2.61. The van der Waals surface area contributed by atoms with Crippen LogP contribution in [0.2, 0.25) is 0 Å². The van der Waals surface area contributed by atoms with Gasteiger partial charge in [0.15, 0.2) is 6.29 Å². The molecule has 2 heterocycles. The number of allylic oxidation sites excluding steroid dienone is 1. The minimum Gasteiger partial charge on any atom is -0.497 e. The average Bonchev–Trinajstić information content (AvgIpc) is 2.99. The minimum absolute atomic E-state index is 0.00164. The van der Waals surface area contributed by atoms with Gasteiger partial charge in [-0.2, -0.15) is 0 Å². The Hall–Kier alpha value is -1.85. The summed E-state index contributed by atoms with van der Waals surface area (Å²) in [5.41, 5.74) is 1.57. The molecule has 0 spiro atoms. The fraction of sp³-hybridized carbons (Fsp3) is 0.400. The van der Waals surface area contributed by atoms with Gasteiger partial charge in [0.1, 0.15) is 11.8 Å². The summed E-state index contributed by atoms with van der Waals surface area (Å²) in [6.07, 6.45) is 1.46. The van der Waals surface area contributed by atoms with Crippen LogP contribution < -0.4 is 9.64 Å². The van der Waals surface area contributed by atoms with Crippen LogP contribution in [0.4, 0.5) is 5.69 Å². The van der Waals surface area contributed by atoms with Crippen molar-refractivity contribution in [3.8, 4) is 5.75 Å². The van der Waals surface area contributed by atoms with Gasteiger partial charge in [-0.3, -0.25) is 9.69 Å². The van der Waals surface area contributed by atoms with Crippen LogP contribution in [0.15, 0.2) is 35.9 Å². The van der Waals surface area contributed by atoms with Crippen molar-refractivity contribution < 1.29 is 19.0 Å². The van der Waals surface area contributed by atoms with E-state index in [-0.39, 0.29) is 18.2 Å². The van der Waals surface area contributed by atoms with E-state index in [1.54, 1.807) is 12.0 Å². The van der Waals surface area contributed by atoms with Gasteiger partial charge >= 0.3 is 0 Å². The molecule has 0 aliphatic carbocycles. The van der Waals surface area contributed by atoms with Gasteiger partial charge in [0, 0.05) is 11.3 Å². The Labute approximate surface area is 117 Å². The number of anilines is 1. The minimum atomic E-state index is -0.374. The van der Waals surface area contributed by atoms with E-state index >= 15 is 0 Å². The number of carbonyl (C=O) groups is 1. The van der Waals surface area contributed by atoms with Crippen molar-refractivity contribution >= 4 is 11.6 Å². The lowest BCUT2D eigenvalue weighted by atomic mass is 9.92. The molecule has 0 aromatic heterocycles. The first-order valence-corrected chi connectivity index (χ1v) is 6.63. The van der Waals surface area contributed by atoms with Gasteiger partial charge in [-0.25, -0.2) is 0 Å². The van der Waals surface area contributed by atoms with Crippen LogP contribution in [-0.4, -0.2) is 38.6 Å². The summed E-state index contributed by atoms with van der Waals surface area (Å²) < 4.78 is 16.2. The molecule has 0 radical (unpaired) electrons. The van der Waals surface area contributed by atoms with E-state index in [0.717, 1.165) is 17.0 Å². The van der Waals surface area contributed by atoms with Gasteiger partial charge in [-0.05, 0) is 31.2 Å². The van der Waals surface area contributed by atoms with Crippen LogP contribution in [0.3, 0.4) is 0 Å². The first-order chi connectivity index (χ1) is 9.76. The predicted octanol–water partition coefficient (Wildman–Crippen LogP) is 1.73. The lowest BCUT2D eigenvalue weighted by Gasteiger charge is -2.44. The molecule has 3 rings (SSSR count). The number of carbonyl (C=O) groups excluding carboxylic acids is 1. The topological polar surface area (TPSA) is 48.0 Å². The highest BCUT2D eigenvalue weighted by molar-refractivity contribution is 6.15. The summed E-state index contributed by atoms with van der Waals surface area (Å²) in [5, 5.41) is 0. The second kappa shape index (κ2) is 5.26. The number of ether oxygens (including phenoxy) is 3. The number of nitrogens with zero attached hydrogens (tertiary/aromatic N) is 1. The molecule has 5 nitrogen and oxygen atoms in total. The van der Waals surface area contributed by atoms with Crippen molar-refractivity contribution in [1.82, 2.24) is 0 Å². The Morgan fingerprint density at radius 2 is 1.90 bits per heavy atom. The summed E-state index contributed by atoms with van der Waals surface area (Å²) in [7, 11) is 1.62. The monoisotopic (exact) mass is 275 g/mol. The normalized spacial score (nSPS) is 25.1. The zero-order valence-corrected chi connectivity index (χ0v) is 11.5. The van der Waals surface area contributed by atoms with E-state index in [1.165, 1.54) is 0 Å². The molecule has 5 heteroatoms. The second-order valence-electron chi connectivity index (χ2n) is 4.67. The highest BCUT2D eigenvalue weighted by Crippen LogP contribution is 2.36. The number of rotatable bonds is 3.